The fourth-order valence-electron chi connectivity index (χ4n) is 1.86. The second-order valence-electron chi connectivity index (χ2n) is 3.64. The summed E-state index contributed by atoms with van der Waals surface area (Å²) in [4.78, 5) is 10.6. The Hall–Kier alpha value is -0.430. The molecule has 2 heterocycles. The summed E-state index contributed by atoms with van der Waals surface area (Å²) in [6.07, 6.45) is 6.10. The molecule has 1 aromatic heterocycles. The summed E-state index contributed by atoms with van der Waals surface area (Å²) in [7, 11) is 1.78. The van der Waals surface area contributed by atoms with E-state index in [0.717, 1.165) is 28.9 Å². The van der Waals surface area contributed by atoms with Gasteiger partial charge in [0.2, 0.25) is 0 Å². The van der Waals surface area contributed by atoms with Crippen molar-refractivity contribution in [2.24, 2.45) is 0 Å². The van der Waals surface area contributed by atoms with Gasteiger partial charge in [0.25, 0.3) is 0 Å². The second-order valence-corrected chi connectivity index (χ2v) is 4.80. The van der Waals surface area contributed by atoms with E-state index < -0.39 is 0 Å². The van der Waals surface area contributed by atoms with Crippen LogP contribution in [0.4, 0.5) is 5.82 Å². The maximum atomic E-state index is 5.40. The van der Waals surface area contributed by atoms with Crippen LogP contribution in [0.5, 0.6) is 0 Å². The number of anilines is 1. The molecule has 1 unspecified atom stereocenters. The average Bonchev–Trinajstić information content (AvgIpc) is 2.30. The molecule has 4 nitrogen and oxygen atoms in total. The highest BCUT2D eigenvalue weighted by Gasteiger charge is 2.21. The van der Waals surface area contributed by atoms with E-state index in [4.69, 9.17) is 4.74 Å². The van der Waals surface area contributed by atoms with Crippen molar-refractivity contribution in [1.29, 1.82) is 0 Å². The van der Waals surface area contributed by atoms with Gasteiger partial charge in [0.15, 0.2) is 0 Å². The van der Waals surface area contributed by atoms with Crippen molar-refractivity contribution in [3.8, 4) is 0 Å². The molecule has 82 valence electrons. The van der Waals surface area contributed by atoms with Crippen LogP contribution < -0.4 is 4.90 Å². The van der Waals surface area contributed by atoms with Gasteiger partial charge in [-0.15, -0.1) is 0 Å². The first-order valence-electron chi connectivity index (χ1n) is 5.04. The lowest BCUT2D eigenvalue weighted by molar-refractivity contribution is 0.0891. The fraction of sp³-hybridized carbons (Fsp3) is 0.600. The molecule has 0 amide bonds. The van der Waals surface area contributed by atoms with E-state index in [1.807, 2.05) is 6.20 Å². The van der Waals surface area contributed by atoms with E-state index in [0.29, 0.717) is 6.10 Å². The zero-order valence-electron chi connectivity index (χ0n) is 8.69. The average molecular weight is 319 g/mol. The molecular formula is C10H14IN3O. The molecule has 15 heavy (non-hydrogen) atoms. The number of piperidine rings is 1. The molecular weight excluding hydrogens is 305 g/mol. The topological polar surface area (TPSA) is 38.2 Å². The van der Waals surface area contributed by atoms with Crippen molar-refractivity contribution < 1.29 is 4.74 Å². The quantitative estimate of drug-likeness (QED) is 0.778. The van der Waals surface area contributed by atoms with Gasteiger partial charge < -0.3 is 9.64 Å². The Kier molecular flexibility index (Phi) is 3.74. The summed E-state index contributed by atoms with van der Waals surface area (Å²) in [5, 5.41) is 0. The SMILES string of the molecule is COC1CCCN(c2ncncc2I)C1. The molecule has 1 saturated heterocycles. The third-order valence-electron chi connectivity index (χ3n) is 2.66. The van der Waals surface area contributed by atoms with E-state index in [-0.39, 0.29) is 0 Å². The van der Waals surface area contributed by atoms with Crippen LogP contribution in [0.3, 0.4) is 0 Å². The number of rotatable bonds is 2. The monoisotopic (exact) mass is 319 g/mol. The molecule has 0 N–H and O–H groups in total. The van der Waals surface area contributed by atoms with E-state index >= 15 is 0 Å². The molecule has 1 aliphatic rings. The highest BCUT2D eigenvalue weighted by molar-refractivity contribution is 14.1. The summed E-state index contributed by atoms with van der Waals surface area (Å²) in [6.45, 7) is 2.00. The van der Waals surface area contributed by atoms with Crippen LogP contribution in [0.2, 0.25) is 0 Å². The summed E-state index contributed by atoms with van der Waals surface area (Å²) in [5.74, 6) is 1.03. The maximum absolute atomic E-state index is 5.40. The van der Waals surface area contributed by atoms with Crippen LogP contribution in [-0.4, -0.2) is 36.3 Å². The van der Waals surface area contributed by atoms with Crippen molar-refractivity contribution in [3.05, 3.63) is 16.1 Å². The molecule has 0 spiro atoms. The van der Waals surface area contributed by atoms with Crippen LogP contribution in [0.25, 0.3) is 0 Å². The zero-order valence-corrected chi connectivity index (χ0v) is 10.8. The predicted octanol–water partition coefficient (Wildman–Crippen LogP) is 1.70. The number of ether oxygens (including phenoxy) is 1. The lowest BCUT2D eigenvalue weighted by Crippen LogP contribution is -2.40. The molecule has 0 aromatic carbocycles. The lowest BCUT2D eigenvalue weighted by Gasteiger charge is -2.33. The normalized spacial score (nSPS) is 21.7. The standard InChI is InChI=1S/C10H14IN3O/c1-15-8-3-2-4-14(6-8)10-9(11)5-12-7-13-10/h5,7-8H,2-4,6H2,1H3. The maximum Gasteiger partial charge on any atom is 0.145 e. The van der Waals surface area contributed by atoms with Crippen molar-refractivity contribution in [2.75, 3.05) is 25.1 Å². The summed E-state index contributed by atoms with van der Waals surface area (Å²) in [6, 6.07) is 0. The van der Waals surface area contributed by atoms with Gasteiger partial charge in [-0.2, -0.15) is 0 Å². The molecule has 1 fully saturated rings. The minimum atomic E-state index is 0.338. The second kappa shape index (κ2) is 5.07. The Labute approximate surface area is 103 Å². The lowest BCUT2D eigenvalue weighted by atomic mass is 10.1. The van der Waals surface area contributed by atoms with Gasteiger partial charge in [-0.05, 0) is 35.4 Å². The number of hydrogen-bond acceptors (Lipinski definition) is 4. The number of methoxy groups -OCH3 is 1. The van der Waals surface area contributed by atoms with Crippen molar-refractivity contribution in [2.45, 2.75) is 18.9 Å². The van der Waals surface area contributed by atoms with Gasteiger partial charge >= 0.3 is 0 Å². The molecule has 1 aliphatic heterocycles. The Morgan fingerprint density at radius 3 is 3.20 bits per heavy atom. The van der Waals surface area contributed by atoms with Crippen LogP contribution >= 0.6 is 22.6 Å². The number of halogens is 1. The molecule has 5 heteroatoms. The van der Waals surface area contributed by atoms with Gasteiger partial charge in [-0.25, -0.2) is 9.97 Å². The third-order valence-corrected chi connectivity index (χ3v) is 3.42. The van der Waals surface area contributed by atoms with Gasteiger partial charge in [0.1, 0.15) is 12.1 Å². The smallest absolute Gasteiger partial charge is 0.145 e. The van der Waals surface area contributed by atoms with Crippen LogP contribution in [0.1, 0.15) is 12.8 Å². The van der Waals surface area contributed by atoms with Crippen LogP contribution in [-0.2, 0) is 4.74 Å². The van der Waals surface area contributed by atoms with Crippen molar-refractivity contribution in [1.82, 2.24) is 9.97 Å². The fourth-order valence-corrected chi connectivity index (χ4v) is 2.50. The molecule has 1 atom stereocenters. The number of hydrogen-bond donors (Lipinski definition) is 0. The number of aromatic nitrogens is 2. The van der Waals surface area contributed by atoms with E-state index in [1.54, 1.807) is 13.4 Å². The molecule has 0 aliphatic carbocycles. The highest BCUT2D eigenvalue weighted by Crippen LogP contribution is 2.22. The summed E-state index contributed by atoms with van der Waals surface area (Å²) < 4.78 is 6.50. The first kappa shape index (κ1) is 11.1. The molecule has 2 rings (SSSR count). The van der Waals surface area contributed by atoms with Crippen LogP contribution in [0.15, 0.2) is 12.5 Å². The van der Waals surface area contributed by atoms with E-state index in [1.165, 1.54) is 6.42 Å². The van der Waals surface area contributed by atoms with E-state index in [2.05, 4.69) is 37.5 Å². The molecule has 0 saturated carbocycles. The summed E-state index contributed by atoms with van der Waals surface area (Å²) in [5.41, 5.74) is 0. The Morgan fingerprint density at radius 1 is 1.60 bits per heavy atom. The molecule has 1 aromatic rings. The predicted molar refractivity (Wildman–Crippen MR) is 67.0 cm³/mol. The summed E-state index contributed by atoms with van der Waals surface area (Å²) >= 11 is 2.27. The van der Waals surface area contributed by atoms with Gasteiger partial charge in [0, 0.05) is 26.4 Å². The molecule has 0 radical (unpaired) electrons. The van der Waals surface area contributed by atoms with Crippen molar-refractivity contribution in [3.63, 3.8) is 0 Å². The van der Waals surface area contributed by atoms with E-state index in [9.17, 15) is 0 Å². The Bertz CT molecular complexity index is 334. The minimum absolute atomic E-state index is 0.338. The third kappa shape index (κ3) is 2.57. The Balaban J connectivity index is 2.13. The Morgan fingerprint density at radius 2 is 2.47 bits per heavy atom. The minimum Gasteiger partial charge on any atom is -0.380 e. The van der Waals surface area contributed by atoms with Gasteiger partial charge in [-0.1, -0.05) is 0 Å². The van der Waals surface area contributed by atoms with Gasteiger partial charge in [0.05, 0.1) is 9.67 Å². The van der Waals surface area contributed by atoms with Crippen molar-refractivity contribution >= 4 is 28.4 Å². The molecule has 0 bridgehead atoms. The first-order chi connectivity index (χ1) is 7.31. The van der Waals surface area contributed by atoms with Gasteiger partial charge in [-0.3, -0.25) is 0 Å². The first-order valence-corrected chi connectivity index (χ1v) is 6.12. The van der Waals surface area contributed by atoms with Crippen LogP contribution in [0, 0.1) is 3.57 Å². The number of nitrogens with zero attached hydrogens (tertiary/aromatic N) is 3. The zero-order chi connectivity index (χ0) is 10.7. The largest absolute Gasteiger partial charge is 0.380 e. The highest BCUT2D eigenvalue weighted by atomic mass is 127.